The van der Waals surface area contributed by atoms with Crippen molar-refractivity contribution >= 4 is 5.91 Å². The van der Waals surface area contributed by atoms with Gasteiger partial charge in [-0.2, -0.15) is 0 Å². The minimum absolute atomic E-state index is 0.112. The average molecular weight is 147 g/mol. The van der Waals surface area contributed by atoms with Gasteiger partial charge in [0.2, 0.25) is 5.91 Å². The van der Waals surface area contributed by atoms with Gasteiger partial charge in [-0.25, -0.2) is 0 Å². The summed E-state index contributed by atoms with van der Waals surface area (Å²) >= 11 is 0. The molecule has 0 aliphatic heterocycles. The van der Waals surface area contributed by atoms with Crippen molar-refractivity contribution in [3.05, 3.63) is 0 Å². The number of rotatable bonds is 5. The molecule has 4 nitrogen and oxygen atoms in total. The van der Waals surface area contributed by atoms with E-state index in [0.29, 0.717) is 13.2 Å². The summed E-state index contributed by atoms with van der Waals surface area (Å²) in [5.74, 6) is -0.112. The molecule has 0 aromatic heterocycles. The van der Waals surface area contributed by atoms with Crippen LogP contribution in [0.25, 0.3) is 0 Å². The van der Waals surface area contributed by atoms with E-state index in [4.69, 9.17) is 4.74 Å². The molecule has 0 fully saturated rings. The molecule has 0 radical (unpaired) electrons. The van der Waals surface area contributed by atoms with Crippen LogP contribution >= 0.6 is 0 Å². The summed E-state index contributed by atoms with van der Waals surface area (Å²) in [5, 5.41) is 2.60. The number of carbonyl (C=O) groups excluding carboxylic acids is 1. The lowest BCUT2D eigenvalue weighted by molar-refractivity contribution is -0.124. The van der Waals surface area contributed by atoms with Crippen molar-refractivity contribution < 1.29 is 14.3 Å². The summed E-state index contributed by atoms with van der Waals surface area (Å²) in [6.45, 7) is 1.19. The highest BCUT2D eigenvalue weighted by Gasteiger charge is 1.96. The van der Waals surface area contributed by atoms with Crippen molar-refractivity contribution in [1.29, 1.82) is 0 Å². The second-order valence-electron chi connectivity index (χ2n) is 1.78. The molecule has 0 spiro atoms. The van der Waals surface area contributed by atoms with Crippen LogP contribution in [0.2, 0.25) is 0 Å². The van der Waals surface area contributed by atoms with Crippen LogP contribution in [0.5, 0.6) is 0 Å². The first-order valence-corrected chi connectivity index (χ1v) is 3.06. The monoisotopic (exact) mass is 147 g/mol. The van der Waals surface area contributed by atoms with Gasteiger partial charge >= 0.3 is 0 Å². The normalized spacial score (nSPS) is 9.40. The SMILES string of the molecule is COCCNC(=O)COC. The first kappa shape index (κ1) is 9.39. The maximum absolute atomic E-state index is 10.6. The third-order valence-electron chi connectivity index (χ3n) is 0.904. The van der Waals surface area contributed by atoms with Crippen molar-refractivity contribution in [2.24, 2.45) is 0 Å². The molecule has 0 bridgehead atoms. The average Bonchev–Trinajstić information content (AvgIpc) is 1.89. The number of hydrogen-bond donors (Lipinski definition) is 1. The standard InChI is InChI=1S/C6H13NO3/c1-9-4-3-7-6(8)5-10-2/h3-5H2,1-2H3,(H,7,8). The second kappa shape index (κ2) is 6.51. The molecule has 0 aliphatic rings. The lowest BCUT2D eigenvalue weighted by atomic mass is 10.6. The number of amides is 1. The van der Waals surface area contributed by atoms with Gasteiger partial charge in [0.1, 0.15) is 6.61 Å². The number of ether oxygens (including phenoxy) is 2. The van der Waals surface area contributed by atoms with E-state index in [0.717, 1.165) is 0 Å². The lowest BCUT2D eigenvalue weighted by Gasteiger charge is -2.01. The fraction of sp³-hybridized carbons (Fsp3) is 0.833. The van der Waals surface area contributed by atoms with Gasteiger partial charge in [0.25, 0.3) is 0 Å². The molecule has 0 aromatic rings. The van der Waals surface area contributed by atoms with Crippen molar-refractivity contribution in [3.8, 4) is 0 Å². The smallest absolute Gasteiger partial charge is 0.246 e. The number of hydrogen-bond acceptors (Lipinski definition) is 3. The highest BCUT2D eigenvalue weighted by atomic mass is 16.5. The van der Waals surface area contributed by atoms with Crippen molar-refractivity contribution in [3.63, 3.8) is 0 Å². The van der Waals surface area contributed by atoms with Gasteiger partial charge in [0.05, 0.1) is 6.61 Å². The van der Waals surface area contributed by atoms with E-state index in [1.807, 2.05) is 0 Å². The lowest BCUT2D eigenvalue weighted by Crippen LogP contribution is -2.29. The third-order valence-corrected chi connectivity index (χ3v) is 0.904. The summed E-state index contributed by atoms with van der Waals surface area (Å²) in [5.41, 5.74) is 0. The minimum Gasteiger partial charge on any atom is -0.383 e. The number of carbonyl (C=O) groups is 1. The fourth-order valence-corrected chi connectivity index (χ4v) is 0.475. The molecular formula is C6H13NO3. The Kier molecular flexibility index (Phi) is 6.11. The van der Waals surface area contributed by atoms with Crippen molar-refractivity contribution in [1.82, 2.24) is 5.32 Å². The number of nitrogens with one attached hydrogen (secondary N) is 1. The second-order valence-corrected chi connectivity index (χ2v) is 1.78. The van der Waals surface area contributed by atoms with E-state index in [9.17, 15) is 4.79 Å². The van der Waals surface area contributed by atoms with Gasteiger partial charge in [-0.15, -0.1) is 0 Å². The Balaban J connectivity index is 3.05. The summed E-state index contributed by atoms with van der Waals surface area (Å²) < 4.78 is 9.30. The maximum Gasteiger partial charge on any atom is 0.246 e. The summed E-state index contributed by atoms with van der Waals surface area (Å²) in [6, 6.07) is 0. The molecule has 4 heteroatoms. The van der Waals surface area contributed by atoms with Crippen LogP contribution in [-0.4, -0.2) is 39.9 Å². The van der Waals surface area contributed by atoms with Gasteiger partial charge in [0, 0.05) is 20.8 Å². The van der Waals surface area contributed by atoms with Gasteiger partial charge in [-0.1, -0.05) is 0 Å². The molecule has 0 heterocycles. The first-order chi connectivity index (χ1) is 4.81. The van der Waals surface area contributed by atoms with E-state index in [-0.39, 0.29) is 12.5 Å². The Bertz CT molecular complexity index is 95.0. The topological polar surface area (TPSA) is 47.6 Å². The zero-order chi connectivity index (χ0) is 7.82. The minimum atomic E-state index is -0.112. The van der Waals surface area contributed by atoms with Crippen LogP contribution in [0, 0.1) is 0 Å². The van der Waals surface area contributed by atoms with E-state index < -0.39 is 0 Å². The van der Waals surface area contributed by atoms with Crippen LogP contribution in [0.3, 0.4) is 0 Å². The van der Waals surface area contributed by atoms with Gasteiger partial charge in [-0.3, -0.25) is 4.79 Å². The molecule has 1 amide bonds. The van der Waals surface area contributed by atoms with Crippen molar-refractivity contribution in [2.75, 3.05) is 34.0 Å². The van der Waals surface area contributed by atoms with Crippen LogP contribution < -0.4 is 5.32 Å². The van der Waals surface area contributed by atoms with E-state index in [2.05, 4.69) is 10.1 Å². The van der Waals surface area contributed by atoms with E-state index in [1.165, 1.54) is 7.11 Å². The molecule has 0 saturated carbocycles. The van der Waals surface area contributed by atoms with Crippen LogP contribution in [0.15, 0.2) is 0 Å². The van der Waals surface area contributed by atoms with Gasteiger partial charge in [0.15, 0.2) is 0 Å². The molecular weight excluding hydrogens is 134 g/mol. The first-order valence-electron chi connectivity index (χ1n) is 3.06. The predicted octanol–water partition coefficient (Wildman–Crippen LogP) is -0.605. The molecule has 10 heavy (non-hydrogen) atoms. The summed E-state index contributed by atoms with van der Waals surface area (Å²) in [7, 11) is 3.07. The fourth-order valence-electron chi connectivity index (χ4n) is 0.475. The Morgan fingerprint density at radius 3 is 2.60 bits per heavy atom. The Hall–Kier alpha value is -0.610. The van der Waals surface area contributed by atoms with E-state index in [1.54, 1.807) is 7.11 Å². The Morgan fingerprint density at radius 1 is 1.40 bits per heavy atom. The van der Waals surface area contributed by atoms with Gasteiger partial charge in [-0.05, 0) is 0 Å². The molecule has 0 atom stereocenters. The molecule has 0 aromatic carbocycles. The molecule has 1 N–H and O–H groups in total. The predicted molar refractivity (Wildman–Crippen MR) is 36.8 cm³/mol. The zero-order valence-corrected chi connectivity index (χ0v) is 6.35. The Morgan fingerprint density at radius 2 is 2.10 bits per heavy atom. The highest BCUT2D eigenvalue weighted by molar-refractivity contribution is 5.77. The Labute approximate surface area is 60.5 Å². The molecule has 0 unspecified atom stereocenters. The highest BCUT2D eigenvalue weighted by Crippen LogP contribution is 1.69. The van der Waals surface area contributed by atoms with Crippen LogP contribution in [0.4, 0.5) is 0 Å². The molecule has 0 saturated heterocycles. The maximum atomic E-state index is 10.6. The van der Waals surface area contributed by atoms with Crippen LogP contribution in [-0.2, 0) is 14.3 Å². The number of methoxy groups -OCH3 is 2. The molecule has 0 aliphatic carbocycles. The quantitative estimate of drug-likeness (QED) is 0.528. The summed E-state index contributed by atoms with van der Waals surface area (Å²) in [6.07, 6.45) is 0. The zero-order valence-electron chi connectivity index (χ0n) is 6.35. The van der Waals surface area contributed by atoms with Crippen molar-refractivity contribution in [2.45, 2.75) is 0 Å². The molecule has 60 valence electrons. The van der Waals surface area contributed by atoms with E-state index >= 15 is 0 Å². The summed E-state index contributed by atoms with van der Waals surface area (Å²) in [4.78, 5) is 10.6. The largest absolute Gasteiger partial charge is 0.383 e. The van der Waals surface area contributed by atoms with Crippen LogP contribution in [0.1, 0.15) is 0 Å². The molecule has 0 rings (SSSR count). The van der Waals surface area contributed by atoms with Gasteiger partial charge < -0.3 is 14.8 Å². The third kappa shape index (κ3) is 5.53.